The van der Waals surface area contributed by atoms with E-state index in [0.29, 0.717) is 5.41 Å². The van der Waals surface area contributed by atoms with E-state index in [2.05, 4.69) is 29.2 Å². The molecule has 17 heavy (non-hydrogen) atoms. The van der Waals surface area contributed by atoms with Crippen molar-refractivity contribution in [2.24, 2.45) is 11.1 Å². The van der Waals surface area contributed by atoms with Crippen LogP contribution in [-0.2, 0) is 6.42 Å². The fourth-order valence-corrected chi connectivity index (χ4v) is 3.53. The van der Waals surface area contributed by atoms with Gasteiger partial charge in [-0.1, -0.05) is 31.0 Å². The van der Waals surface area contributed by atoms with Crippen LogP contribution in [0, 0.1) is 5.41 Å². The van der Waals surface area contributed by atoms with Crippen LogP contribution in [0.2, 0.25) is 0 Å². The molecular weight excluding hydrogens is 208 g/mol. The fraction of sp³-hybridized carbons (Fsp3) is 0.600. The molecule has 0 atom stereocenters. The minimum atomic E-state index is 0.400. The molecule has 0 unspecified atom stereocenters. The van der Waals surface area contributed by atoms with Gasteiger partial charge in [-0.3, -0.25) is 0 Å². The van der Waals surface area contributed by atoms with Crippen molar-refractivity contribution in [3.8, 4) is 0 Å². The minimum absolute atomic E-state index is 0.400. The Hall–Kier alpha value is -1.02. The van der Waals surface area contributed by atoms with Crippen LogP contribution in [0.3, 0.4) is 0 Å². The molecule has 2 N–H and O–H groups in total. The first-order valence-corrected chi connectivity index (χ1v) is 6.86. The van der Waals surface area contributed by atoms with E-state index >= 15 is 0 Å². The zero-order chi connectivity index (χ0) is 11.7. The first-order valence-electron chi connectivity index (χ1n) is 6.86. The summed E-state index contributed by atoms with van der Waals surface area (Å²) in [5, 5.41) is 0. The molecule has 1 aromatic carbocycles. The smallest absolute Gasteiger partial charge is 0.0399 e. The van der Waals surface area contributed by atoms with Crippen molar-refractivity contribution in [3.63, 3.8) is 0 Å². The number of para-hydroxylation sites is 1. The maximum absolute atomic E-state index is 6.04. The average molecular weight is 230 g/mol. The van der Waals surface area contributed by atoms with E-state index in [1.807, 2.05) is 0 Å². The predicted molar refractivity (Wildman–Crippen MR) is 72.3 cm³/mol. The highest BCUT2D eigenvalue weighted by Gasteiger charge is 2.35. The van der Waals surface area contributed by atoms with Gasteiger partial charge in [0.2, 0.25) is 0 Å². The summed E-state index contributed by atoms with van der Waals surface area (Å²) < 4.78 is 0. The molecule has 1 fully saturated rings. The molecule has 2 nitrogen and oxygen atoms in total. The molecule has 0 bridgehead atoms. The summed E-state index contributed by atoms with van der Waals surface area (Å²) in [6, 6.07) is 8.83. The number of hydrogen-bond donors (Lipinski definition) is 1. The molecule has 0 radical (unpaired) electrons. The molecule has 2 aliphatic rings. The zero-order valence-electron chi connectivity index (χ0n) is 10.5. The second-order valence-electron chi connectivity index (χ2n) is 5.71. The number of hydrogen-bond acceptors (Lipinski definition) is 2. The molecule has 2 heteroatoms. The number of anilines is 1. The molecule has 0 saturated heterocycles. The molecule has 1 heterocycles. The molecule has 1 aliphatic heterocycles. The summed E-state index contributed by atoms with van der Waals surface area (Å²) in [7, 11) is 0. The lowest BCUT2D eigenvalue weighted by Gasteiger charge is -2.33. The number of rotatable bonds is 3. The van der Waals surface area contributed by atoms with Gasteiger partial charge in [0.05, 0.1) is 0 Å². The Bertz CT molecular complexity index is 394. The first-order chi connectivity index (χ1) is 8.33. The van der Waals surface area contributed by atoms with Gasteiger partial charge in [-0.2, -0.15) is 0 Å². The summed E-state index contributed by atoms with van der Waals surface area (Å²) in [4.78, 5) is 2.56. The van der Waals surface area contributed by atoms with Gasteiger partial charge >= 0.3 is 0 Å². The fourth-order valence-electron chi connectivity index (χ4n) is 3.53. The highest BCUT2D eigenvalue weighted by atomic mass is 15.2. The second-order valence-corrected chi connectivity index (χ2v) is 5.71. The third kappa shape index (κ3) is 1.95. The van der Waals surface area contributed by atoms with Crippen LogP contribution in [0.15, 0.2) is 24.3 Å². The van der Waals surface area contributed by atoms with Crippen LogP contribution in [0.25, 0.3) is 0 Å². The molecular formula is C15H22N2. The molecule has 0 aromatic heterocycles. The van der Waals surface area contributed by atoms with Crippen molar-refractivity contribution in [1.29, 1.82) is 0 Å². The van der Waals surface area contributed by atoms with Crippen molar-refractivity contribution in [2.75, 3.05) is 24.5 Å². The second kappa shape index (κ2) is 4.34. The quantitative estimate of drug-likeness (QED) is 0.864. The highest BCUT2D eigenvalue weighted by molar-refractivity contribution is 5.58. The maximum Gasteiger partial charge on any atom is 0.0399 e. The number of nitrogens with two attached hydrogens (primary N) is 1. The number of fused-ring (bicyclic) bond motifs is 1. The van der Waals surface area contributed by atoms with Crippen molar-refractivity contribution >= 4 is 5.69 Å². The zero-order valence-corrected chi connectivity index (χ0v) is 10.5. The first kappa shape index (κ1) is 11.1. The molecule has 1 saturated carbocycles. The van der Waals surface area contributed by atoms with Gasteiger partial charge in [-0.25, -0.2) is 0 Å². The Morgan fingerprint density at radius 2 is 1.94 bits per heavy atom. The summed E-state index contributed by atoms with van der Waals surface area (Å²) in [5.41, 5.74) is 9.40. The Kier molecular flexibility index (Phi) is 2.83. The SMILES string of the molecule is NCC1(CN2CCc3ccccc32)CCCC1. The lowest BCUT2D eigenvalue weighted by molar-refractivity contribution is 0.313. The Morgan fingerprint density at radius 1 is 1.18 bits per heavy atom. The van der Waals surface area contributed by atoms with E-state index in [-0.39, 0.29) is 0 Å². The van der Waals surface area contributed by atoms with Gasteiger partial charge in [0.15, 0.2) is 0 Å². The molecule has 0 spiro atoms. The van der Waals surface area contributed by atoms with Crippen molar-refractivity contribution in [2.45, 2.75) is 32.1 Å². The van der Waals surface area contributed by atoms with Gasteiger partial charge < -0.3 is 10.6 Å². The third-order valence-electron chi connectivity index (χ3n) is 4.61. The van der Waals surface area contributed by atoms with Gasteiger partial charge in [0.1, 0.15) is 0 Å². The number of nitrogens with zero attached hydrogens (tertiary/aromatic N) is 1. The number of benzene rings is 1. The Labute approximate surface area is 104 Å². The van der Waals surface area contributed by atoms with E-state index in [1.54, 1.807) is 0 Å². The lowest BCUT2D eigenvalue weighted by atomic mass is 9.85. The van der Waals surface area contributed by atoms with Gasteiger partial charge in [-0.05, 0) is 37.4 Å². The van der Waals surface area contributed by atoms with Crippen LogP contribution in [0.5, 0.6) is 0 Å². The summed E-state index contributed by atoms with van der Waals surface area (Å²) in [6.07, 6.45) is 6.58. The monoisotopic (exact) mass is 230 g/mol. The van der Waals surface area contributed by atoms with E-state index in [1.165, 1.54) is 56.4 Å². The van der Waals surface area contributed by atoms with Crippen LogP contribution in [0.1, 0.15) is 31.2 Å². The molecule has 0 amide bonds. The topological polar surface area (TPSA) is 29.3 Å². The standard InChI is InChI=1S/C15H22N2/c16-11-15(8-3-4-9-15)12-17-10-7-13-5-1-2-6-14(13)17/h1-2,5-6H,3-4,7-12,16H2. The van der Waals surface area contributed by atoms with Gasteiger partial charge in [0.25, 0.3) is 0 Å². The normalized spacial score (nSPS) is 21.8. The van der Waals surface area contributed by atoms with Crippen LogP contribution in [0.4, 0.5) is 5.69 Å². The maximum atomic E-state index is 6.04. The summed E-state index contributed by atoms with van der Waals surface area (Å²) >= 11 is 0. The largest absolute Gasteiger partial charge is 0.370 e. The minimum Gasteiger partial charge on any atom is -0.370 e. The average Bonchev–Trinajstić information content (AvgIpc) is 2.99. The van der Waals surface area contributed by atoms with Gasteiger partial charge in [-0.15, -0.1) is 0 Å². The molecule has 1 aromatic rings. The van der Waals surface area contributed by atoms with E-state index in [4.69, 9.17) is 5.73 Å². The van der Waals surface area contributed by atoms with Crippen molar-refractivity contribution in [1.82, 2.24) is 0 Å². The Balaban J connectivity index is 1.79. The third-order valence-corrected chi connectivity index (χ3v) is 4.61. The van der Waals surface area contributed by atoms with E-state index in [0.717, 1.165) is 6.54 Å². The van der Waals surface area contributed by atoms with Crippen LogP contribution < -0.4 is 10.6 Å². The Morgan fingerprint density at radius 3 is 2.71 bits per heavy atom. The summed E-state index contributed by atoms with van der Waals surface area (Å²) in [6.45, 7) is 3.20. The van der Waals surface area contributed by atoms with E-state index in [9.17, 15) is 0 Å². The highest BCUT2D eigenvalue weighted by Crippen LogP contribution is 2.40. The molecule has 1 aliphatic carbocycles. The van der Waals surface area contributed by atoms with Crippen molar-refractivity contribution in [3.05, 3.63) is 29.8 Å². The summed E-state index contributed by atoms with van der Waals surface area (Å²) in [5.74, 6) is 0. The van der Waals surface area contributed by atoms with Crippen molar-refractivity contribution < 1.29 is 0 Å². The van der Waals surface area contributed by atoms with E-state index < -0.39 is 0 Å². The van der Waals surface area contributed by atoms with Crippen LogP contribution in [-0.4, -0.2) is 19.6 Å². The molecule has 3 rings (SSSR count). The van der Waals surface area contributed by atoms with Crippen LogP contribution >= 0.6 is 0 Å². The van der Waals surface area contributed by atoms with Gasteiger partial charge in [0, 0.05) is 24.2 Å². The predicted octanol–water partition coefficient (Wildman–Crippen LogP) is 2.57. The lowest BCUT2D eigenvalue weighted by Crippen LogP contribution is -2.40. The molecule has 92 valence electrons.